The third-order valence-corrected chi connectivity index (χ3v) is 5.03. The maximum atomic E-state index is 12.0. The lowest BCUT2D eigenvalue weighted by Crippen LogP contribution is -2.43. The first-order chi connectivity index (χ1) is 13.0. The minimum Gasteiger partial charge on any atom is -0.394 e. The average molecular weight is 425 g/mol. The van der Waals surface area contributed by atoms with Crippen LogP contribution in [-0.4, -0.2) is 77.8 Å². The van der Waals surface area contributed by atoms with Gasteiger partial charge in [-0.3, -0.25) is 19.3 Å². The Labute approximate surface area is 160 Å². The highest BCUT2D eigenvalue weighted by Crippen LogP contribution is 2.35. The van der Waals surface area contributed by atoms with Crippen LogP contribution in [0.25, 0.3) is 0 Å². The van der Waals surface area contributed by atoms with Crippen molar-refractivity contribution >= 4 is 13.4 Å². The molecule has 0 aliphatic carbocycles. The zero-order valence-corrected chi connectivity index (χ0v) is 16.1. The van der Waals surface area contributed by atoms with Gasteiger partial charge in [-0.25, -0.2) is 4.79 Å². The number of nitrogens with one attached hydrogen (secondary N) is 3. The predicted molar refractivity (Wildman–Crippen MR) is 100 cm³/mol. The third-order valence-electron chi connectivity index (χ3n) is 4.13. The molecule has 1 aromatic heterocycles. The van der Waals surface area contributed by atoms with Gasteiger partial charge in [0.05, 0.1) is 18.3 Å². The first-order valence-corrected chi connectivity index (χ1v) is 10.6. The third kappa shape index (κ3) is 8.65. The Morgan fingerprint density at radius 1 is 0.964 bits per heavy atom. The normalized spacial score (nSPS) is 15.2. The number of anilines is 1. The van der Waals surface area contributed by atoms with Gasteiger partial charge in [-0.1, -0.05) is 12.8 Å². The maximum absolute atomic E-state index is 12.0. The number of aliphatic hydroxyl groups is 4. The number of hydrogen-bond acceptors (Lipinski definition) is 8. The Hall–Kier alpha value is -1.53. The Morgan fingerprint density at radius 2 is 1.61 bits per heavy atom. The molecule has 0 spiro atoms. The summed E-state index contributed by atoms with van der Waals surface area (Å²) in [5.74, 6) is 0.0636. The standard InChI is InChI=1S/C15H28N3O9P/c19-8-11(21)12(22)10(20)7-16-13-9(14(23)18-15(24)17-13)5-3-1-2-4-6-28(25,26)27/h10-12,19-22H,1-8H2,(H2,25,26,27)(H3,16,17,18,23,24)/t10-,11+,12-/m0/s1. The highest BCUT2D eigenvalue weighted by atomic mass is 31.2. The molecule has 0 amide bonds. The van der Waals surface area contributed by atoms with E-state index in [1.54, 1.807) is 0 Å². The van der Waals surface area contributed by atoms with E-state index in [0.717, 1.165) is 0 Å². The summed E-state index contributed by atoms with van der Waals surface area (Å²) in [5, 5.41) is 40.2. The number of H-pyrrole nitrogens is 2. The lowest BCUT2D eigenvalue weighted by Gasteiger charge is -2.22. The number of aromatic amines is 2. The fourth-order valence-electron chi connectivity index (χ4n) is 2.57. The van der Waals surface area contributed by atoms with E-state index in [0.29, 0.717) is 25.7 Å². The van der Waals surface area contributed by atoms with E-state index in [2.05, 4.69) is 15.3 Å². The fraction of sp³-hybridized carbons (Fsp3) is 0.733. The molecular weight excluding hydrogens is 397 g/mol. The van der Waals surface area contributed by atoms with Gasteiger partial charge < -0.3 is 35.5 Å². The van der Waals surface area contributed by atoms with Gasteiger partial charge >= 0.3 is 13.3 Å². The van der Waals surface area contributed by atoms with Crippen LogP contribution in [-0.2, 0) is 11.0 Å². The van der Waals surface area contributed by atoms with Gasteiger partial charge in [-0.05, 0) is 19.3 Å². The Balaban J connectivity index is 2.66. The monoisotopic (exact) mass is 425 g/mol. The van der Waals surface area contributed by atoms with Crippen LogP contribution in [0.15, 0.2) is 9.59 Å². The second-order valence-corrected chi connectivity index (χ2v) is 8.28. The second-order valence-electron chi connectivity index (χ2n) is 6.50. The molecule has 0 fully saturated rings. The molecule has 0 aromatic carbocycles. The fourth-order valence-corrected chi connectivity index (χ4v) is 3.20. The molecule has 1 heterocycles. The van der Waals surface area contributed by atoms with E-state index >= 15 is 0 Å². The lowest BCUT2D eigenvalue weighted by atomic mass is 10.1. The largest absolute Gasteiger partial charge is 0.394 e. The molecule has 162 valence electrons. The molecule has 12 nitrogen and oxygen atoms in total. The highest BCUT2D eigenvalue weighted by molar-refractivity contribution is 7.51. The summed E-state index contributed by atoms with van der Waals surface area (Å²) in [6, 6.07) is 0. The van der Waals surface area contributed by atoms with Crippen molar-refractivity contribution < 1.29 is 34.8 Å². The number of aliphatic hydroxyl groups excluding tert-OH is 4. The van der Waals surface area contributed by atoms with Crippen molar-refractivity contribution in [1.29, 1.82) is 0 Å². The number of unbranched alkanes of at least 4 members (excludes halogenated alkanes) is 3. The molecule has 0 radical (unpaired) electrons. The quantitative estimate of drug-likeness (QED) is 0.123. The molecule has 0 aliphatic rings. The van der Waals surface area contributed by atoms with Gasteiger partial charge in [-0.2, -0.15) is 0 Å². The van der Waals surface area contributed by atoms with Crippen LogP contribution in [0.5, 0.6) is 0 Å². The van der Waals surface area contributed by atoms with Crippen molar-refractivity contribution in [2.45, 2.75) is 50.4 Å². The minimum absolute atomic E-state index is 0.0636. The molecule has 0 aliphatic heterocycles. The van der Waals surface area contributed by atoms with E-state index in [4.69, 9.17) is 14.9 Å². The molecule has 28 heavy (non-hydrogen) atoms. The topological polar surface area (TPSA) is 216 Å². The molecule has 0 unspecified atom stereocenters. The van der Waals surface area contributed by atoms with Gasteiger partial charge in [-0.15, -0.1) is 0 Å². The Morgan fingerprint density at radius 3 is 2.21 bits per heavy atom. The van der Waals surface area contributed by atoms with Crippen molar-refractivity contribution in [2.75, 3.05) is 24.6 Å². The predicted octanol–water partition coefficient (Wildman–Crippen LogP) is -2.17. The van der Waals surface area contributed by atoms with Crippen LogP contribution < -0.4 is 16.6 Å². The molecule has 13 heteroatoms. The van der Waals surface area contributed by atoms with Gasteiger partial charge in [0.15, 0.2) is 0 Å². The van der Waals surface area contributed by atoms with Crippen molar-refractivity contribution in [3.63, 3.8) is 0 Å². The molecule has 0 saturated heterocycles. The van der Waals surface area contributed by atoms with Gasteiger partial charge in [0, 0.05) is 12.7 Å². The van der Waals surface area contributed by atoms with Crippen LogP contribution in [0, 0.1) is 0 Å². The van der Waals surface area contributed by atoms with Crippen molar-refractivity contribution in [3.8, 4) is 0 Å². The number of rotatable bonds is 13. The van der Waals surface area contributed by atoms with Crippen LogP contribution >= 0.6 is 7.60 Å². The molecular formula is C15H28N3O9P. The maximum Gasteiger partial charge on any atom is 0.327 e. The zero-order chi connectivity index (χ0) is 21.3. The van der Waals surface area contributed by atoms with Gasteiger partial charge in [0.25, 0.3) is 5.56 Å². The van der Waals surface area contributed by atoms with E-state index in [-0.39, 0.29) is 30.5 Å². The molecule has 1 aromatic rings. The van der Waals surface area contributed by atoms with Crippen LogP contribution in [0.1, 0.15) is 31.2 Å². The summed E-state index contributed by atoms with van der Waals surface area (Å²) in [4.78, 5) is 45.6. The Bertz CT molecular complexity index is 760. The van der Waals surface area contributed by atoms with Crippen LogP contribution in [0.4, 0.5) is 5.82 Å². The van der Waals surface area contributed by atoms with E-state index < -0.39 is 43.8 Å². The van der Waals surface area contributed by atoms with Crippen molar-refractivity contribution in [2.24, 2.45) is 0 Å². The van der Waals surface area contributed by atoms with Gasteiger partial charge in [0.2, 0.25) is 0 Å². The van der Waals surface area contributed by atoms with Crippen LogP contribution in [0.2, 0.25) is 0 Å². The minimum atomic E-state index is -4.01. The number of hydrogen-bond donors (Lipinski definition) is 9. The summed E-state index contributed by atoms with van der Waals surface area (Å²) >= 11 is 0. The first-order valence-electron chi connectivity index (χ1n) is 8.84. The van der Waals surface area contributed by atoms with E-state index in [1.165, 1.54) is 0 Å². The zero-order valence-electron chi connectivity index (χ0n) is 15.2. The number of aromatic nitrogens is 2. The second kappa shape index (κ2) is 11.5. The summed E-state index contributed by atoms with van der Waals surface area (Å²) in [6.07, 6.45) is -2.49. The molecule has 1 rings (SSSR count). The smallest absolute Gasteiger partial charge is 0.327 e. The van der Waals surface area contributed by atoms with E-state index in [9.17, 15) is 29.5 Å². The molecule has 0 bridgehead atoms. The van der Waals surface area contributed by atoms with Gasteiger partial charge in [0.1, 0.15) is 18.0 Å². The lowest BCUT2D eigenvalue weighted by molar-refractivity contribution is -0.0715. The first kappa shape index (κ1) is 24.5. The summed E-state index contributed by atoms with van der Waals surface area (Å²) in [7, 11) is -4.01. The average Bonchev–Trinajstić information content (AvgIpc) is 2.61. The molecule has 0 saturated carbocycles. The summed E-state index contributed by atoms with van der Waals surface area (Å²) in [5.41, 5.74) is -1.16. The van der Waals surface area contributed by atoms with Crippen molar-refractivity contribution in [1.82, 2.24) is 9.97 Å². The highest BCUT2D eigenvalue weighted by Gasteiger charge is 2.24. The Kier molecular flexibility index (Phi) is 10.0. The molecule has 3 atom stereocenters. The summed E-state index contributed by atoms with van der Waals surface area (Å²) in [6.45, 7) is -1.04. The van der Waals surface area contributed by atoms with Crippen LogP contribution in [0.3, 0.4) is 0 Å². The summed E-state index contributed by atoms with van der Waals surface area (Å²) < 4.78 is 10.8. The molecule has 9 N–H and O–H groups in total. The van der Waals surface area contributed by atoms with Crippen molar-refractivity contribution in [3.05, 3.63) is 26.4 Å². The SMILES string of the molecule is O=c1[nH]c(NC[C@H](O)[C@H](O)[C@H](O)CO)c(CCCCCCP(=O)(O)O)c(=O)[nH]1. The van der Waals surface area contributed by atoms with E-state index in [1.807, 2.05) is 0 Å².